The zero-order chi connectivity index (χ0) is 29.7. The van der Waals surface area contributed by atoms with Gasteiger partial charge in [0.15, 0.2) is 11.2 Å². The Balaban J connectivity index is 1.47. The third-order valence-electron chi connectivity index (χ3n) is 5.47. The van der Waals surface area contributed by atoms with Gasteiger partial charge < -0.3 is 29.8 Å². The standard InChI is InChI=1S/C25H28Cl2N8O5S/c1-13-33-34-22(41-13)16(32-24(37)40-25(2,3)4)6-5-9-38-17-8-7-15(26)18(27)14(17)10-35-12-31-19-20(35)29-11-30-21(19)39-23(28)36/h7-8,11-12,16H,5-6,9-10H2,1-4H3,(H2,28,36)(H,32,37). The smallest absolute Gasteiger partial charge is 0.411 e. The van der Waals surface area contributed by atoms with Gasteiger partial charge in [0, 0.05) is 5.56 Å². The number of nitrogens with one attached hydrogen (secondary N) is 1. The number of imidazole rings is 1. The van der Waals surface area contributed by atoms with Gasteiger partial charge in [-0.15, -0.1) is 10.2 Å². The number of carbonyl (C=O) groups excluding carboxylic acids is 2. The van der Waals surface area contributed by atoms with E-state index in [1.165, 1.54) is 24.0 Å². The number of carbonyl (C=O) groups is 2. The molecule has 0 aliphatic heterocycles. The number of fused-ring (bicyclic) bond motifs is 1. The zero-order valence-corrected chi connectivity index (χ0v) is 25.0. The predicted octanol–water partition coefficient (Wildman–Crippen LogP) is 5.22. The summed E-state index contributed by atoms with van der Waals surface area (Å²) in [6, 6.07) is 2.97. The van der Waals surface area contributed by atoms with E-state index in [-0.39, 0.29) is 17.9 Å². The lowest BCUT2D eigenvalue weighted by molar-refractivity contribution is 0.0499. The summed E-state index contributed by atoms with van der Waals surface area (Å²) >= 11 is 14.3. The van der Waals surface area contributed by atoms with Crippen LogP contribution in [-0.2, 0) is 11.3 Å². The van der Waals surface area contributed by atoms with E-state index in [0.29, 0.717) is 51.5 Å². The Morgan fingerprint density at radius 1 is 1.17 bits per heavy atom. The molecule has 0 saturated heterocycles. The van der Waals surface area contributed by atoms with Crippen molar-refractivity contribution < 1.29 is 23.8 Å². The normalized spacial score (nSPS) is 12.2. The molecule has 1 unspecified atom stereocenters. The fourth-order valence-electron chi connectivity index (χ4n) is 3.80. The van der Waals surface area contributed by atoms with Crippen LogP contribution >= 0.6 is 34.5 Å². The molecule has 16 heteroatoms. The van der Waals surface area contributed by atoms with Gasteiger partial charge in [0.05, 0.1) is 35.6 Å². The Morgan fingerprint density at radius 2 is 1.95 bits per heavy atom. The van der Waals surface area contributed by atoms with Crippen LogP contribution in [0.5, 0.6) is 11.6 Å². The predicted molar refractivity (Wildman–Crippen MR) is 153 cm³/mol. The second kappa shape index (κ2) is 12.8. The first-order valence-corrected chi connectivity index (χ1v) is 14.0. The molecular formula is C25H28Cl2N8O5S. The number of nitrogens with two attached hydrogens (primary N) is 1. The molecule has 1 aromatic carbocycles. The van der Waals surface area contributed by atoms with Crippen LogP contribution in [0.3, 0.4) is 0 Å². The van der Waals surface area contributed by atoms with Crippen LogP contribution in [0.4, 0.5) is 9.59 Å². The van der Waals surface area contributed by atoms with Crippen LogP contribution in [-0.4, -0.2) is 54.1 Å². The second-order valence-corrected chi connectivity index (χ2v) is 11.8. The molecule has 0 spiro atoms. The first-order valence-electron chi connectivity index (χ1n) is 12.4. The maximum absolute atomic E-state index is 12.5. The summed E-state index contributed by atoms with van der Waals surface area (Å²) in [4.78, 5) is 36.1. The highest BCUT2D eigenvalue weighted by atomic mass is 35.5. The minimum absolute atomic E-state index is 0.0601. The largest absolute Gasteiger partial charge is 0.493 e. The average molecular weight is 624 g/mol. The summed E-state index contributed by atoms with van der Waals surface area (Å²) in [6.45, 7) is 7.75. The first kappa shape index (κ1) is 30.2. The van der Waals surface area contributed by atoms with Gasteiger partial charge in [-0.3, -0.25) is 0 Å². The number of benzene rings is 1. The zero-order valence-electron chi connectivity index (χ0n) is 22.7. The van der Waals surface area contributed by atoms with E-state index < -0.39 is 23.8 Å². The Morgan fingerprint density at radius 3 is 2.63 bits per heavy atom. The number of amides is 2. The van der Waals surface area contributed by atoms with E-state index >= 15 is 0 Å². The molecule has 1 atom stereocenters. The fraction of sp³-hybridized carbons (Fsp3) is 0.400. The fourth-order valence-corrected chi connectivity index (χ4v) is 4.98. The lowest BCUT2D eigenvalue weighted by Gasteiger charge is -2.22. The van der Waals surface area contributed by atoms with Crippen molar-refractivity contribution in [3.05, 3.63) is 50.4 Å². The minimum atomic E-state index is -1.02. The number of aryl methyl sites for hydroxylation is 1. The molecule has 218 valence electrons. The molecular weight excluding hydrogens is 595 g/mol. The third-order valence-corrected chi connectivity index (χ3v) is 7.27. The number of ether oxygens (including phenoxy) is 3. The Labute approximate surface area is 249 Å². The van der Waals surface area contributed by atoms with Gasteiger partial charge in [-0.05, 0) is 52.7 Å². The molecule has 0 fully saturated rings. The van der Waals surface area contributed by atoms with Crippen molar-refractivity contribution in [2.75, 3.05) is 6.61 Å². The van der Waals surface area contributed by atoms with Crippen LogP contribution in [0.1, 0.15) is 55.2 Å². The molecule has 3 N–H and O–H groups in total. The number of primary amides is 1. The van der Waals surface area contributed by atoms with Crippen LogP contribution in [0.15, 0.2) is 24.8 Å². The number of alkyl carbamates (subject to hydrolysis) is 1. The number of aromatic nitrogens is 6. The topological polar surface area (TPSA) is 169 Å². The maximum Gasteiger partial charge on any atom is 0.411 e. The maximum atomic E-state index is 12.5. The molecule has 0 radical (unpaired) electrons. The van der Waals surface area contributed by atoms with Gasteiger partial charge in [-0.25, -0.2) is 19.6 Å². The van der Waals surface area contributed by atoms with Gasteiger partial charge in [0.2, 0.25) is 0 Å². The number of halogens is 2. The molecule has 2 amide bonds. The first-order chi connectivity index (χ1) is 19.4. The second-order valence-electron chi connectivity index (χ2n) is 9.83. The molecule has 3 heterocycles. The molecule has 0 bridgehead atoms. The highest BCUT2D eigenvalue weighted by Gasteiger charge is 2.23. The van der Waals surface area contributed by atoms with Crippen molar-refractivity contribution in [3.63, 3.8) is 0 Å². The molecule has 0 aliphatic rings. The number of rotatable bonds is 10. The van der Waals surface area contributed by atoms with Gasteiger partial charge in [0.1, 0.15) is 27.7 Å². The summed E-state index contributed by atoms with van der Waals surface area (Å²) in [5.74, 6) is 0.447. The van der Waals surface area contributed by atoms with Crippen LogP contribution in [0, 0.1) is 6.92 Å². The van der Waals surface area contributed by atoms with Crippen LogP contribution < -0.4 is 20.5 Å². The van der Waals surface area contributed by atoms with Crippen molar-refractivity contribution in [2.24, 2.45) is 5.73 Å². The molecule has 3 aromatic heterocycles. The van der Waals surface area contributed by atoms with Gasteiger partial charge in [0.25, 0.3) is 5.88 Å². The third kappa shape index (κ3) is 7.93. The quantitative estimate of drug-likeness (QED) is 0.223. The number of hydrogen-bond acceptors (Lipinski definition) is 11. The molecule has 4 aromatic rings. The molecule has 13 nitrogen and oxygen atoms in total. The highest BCUT2D eigenvalue weighted by molar-refractivity contribution is 7.11. The van der Waals surface area contributed by atoms with E-state index in [2.05, 4.69) is 30.5 Å². The van der Waals surface area contributed by atoms with Crippen molar-refractivity contribution in [3.8, 4) is 11.6 Å². The van der Waals surface area contributed by atoms with Crippen LogP contribution in [0.25, 0.3) is 11.2 Å². The number of hydrogen-bond donors (Lipinski definition) is 2. The number of nitrogens with zero attached hydrogens (tertiary/aromatic N) is 6. The minimum Gasteiger partial charge on any atom is -0.493 e. The SMILES string of the molecule is Cc1nnc(C(CCCOc2ccc(Cl)c(Cl)c2Cn2cnc3c(OC(N)=O)ncnc32)NC(=O)OC(C)(C)C)s1. The van der Waals surface area contributed by atoms with Gasteiger partial charge in [-0.2, -0.15) is 4.98 Å². The van der Waals surface area contributed by atoms with Crippen molar-refractivity contribution >= 4 is 57.9 Å². The van der Waals surface area contributed by atoms with Crippen molar-refractivity contribution in [1.29, 1.82) is 0 Å². The highest BCUT2D eigenvalue weighted by Crippen LogP contribution is 2.35. The van der Waals surface area contributed by atoms with E-state index in [0.717, 1.165) is 5.01 Å². The molecule has 4 rings (SSSR count). The van der Waals surface area contributed by atoms with Gasteiger partial charge in [-0.1, -0.05) is 34.5 Å². The average Bonchev–Trinajstić information content (AvgIpc) is 3.50. The summed E-state index contributed by atoms with van der Waals surface area (Å²) < 4.78 is 18.1. The van der Waals surface area contributed by atoms with Crippen molar-refractivity contribution in [1.82, 2.24) is 35.0 Å². The molecule has 0 aliphatic carbocycles. The lowest BCUT2D eigenvalue weighted by Crippen LogP contribution is -2.35. The molecule has 41 heavy (non-hydrogen) atoms. The van der Waals surface area contributed by atoms with Crippen LogP contribution in [0.2, 0.25) is 10.0 Å². The van der Waals surface area contributed by atoms with Crippen molar-refractivity contribution in [2.45, 2.75) is 58.7 Å². The Kier molecular flexibility index (Phi) is 9.46. The monoisotopic (exact) mass is 622 g/mol. The van der Waals surface area contributed by atoms with E-state index in [9.17, 15) is 9.59 Å². The van der Waals surface area contributed by atoms with Gasteiger partial charge >= 0.3 is 12.2 Å². The lowest BCUT2D eigenvalue weighted by atomic mass is 10.1. The summed E-state index contributed by atoms with van der Waals surface area (Å²) in [5.41, 5.74) is 5.72. The van der Waals surface area contributed by atoms with E-state index in [1.54, 1.807) is 37.5 Å². The summed E-state index contributed by atoms with van der Waals surface area (Å²) in [6.07, 6.45) is 2.27. The Bertz CT molecular complexity index is 1550. The van der Waals surface area contributed by atoms with E-state index in [4.69, 9.17) is 43.1 Å². The molecule has 0 saturated carbocycles. The summed E-state index contributed by atoms with van der Waals surface area (Å²) in [7, 11) is 0. The van der Waals surface area contributed by atoms with E-state index in [1.807, 2.05) is 6.92 Å². The summed E-state index contributed by atoms with van der Waals surface area (Å²) in [5, 5.41) is 13.3. The Hall–Kier alpha value is -3.75.